The van der Waals surface area contributed by atoms with E-state index in [0.29, 0.717) is 5.96 Å². The van der Waals surface area contributed by atoms with E-state index in [4.69, 9.17) is 5.73 Å². The van der Waals surface area contributed by atoms with Gasteiger partial charge in [-0.15, -0.1) is 0 Å². The second-order valence-corrected chi connectivity index (χ2v) is 3.07. The lowest BCUT2D eigenvalue weighted by Crippen LogP contribution is -2.29. The van der Waals surface area contributed by atoms with Crippen molar-refractivity contribution in [2.24, 2.45) is 5.73 Å². The van der Waals surface area contributed by atoms with Crippen LogP contribution < -0.4 is 5.73 Å². The van der Waals surface area contributed by atoms with Gasteiger partial charge < -0.3 is 0 Å². The molecule has 5 heteroatoms. The Kier molecular flexibility index (Phi) is 2.65. The number of nitrogens with zero attached hydrogens (tertiary/aromatic N) is 3. The monoisotopic (exact) mass is 229 g/mol. The first-order valence-electron chi connectivity index (χ1n) is 3.33. The lowest BCUT2D eigenvalue weighted by Gasteiger charge is -1.96. The summed E-state index contributed by atoms with van der Waals surface area (Å²) in [7, 11) is 1.82. The Morgan fingerprint density at radius 3 is 3.00 bits per heavy atom. The molecule has 0 saturated carbocycles. The van der Waals surface area contributed by atoms with Gasteiger partial charge >= 0.3 is 5.96 Å². The molecule has 0 aliphatic heterocycles. The van der Waals surface area contributed by atoms with Crippen molar-refractivity contribution < 1.29 is 4.58 Å². The van der Waals surface area contributed by atoms with E-state index in [1.165, 1.54) is 0 Å². The van der Waals surface area contributed by atoms with Crippen molar-refractivity contribution in [1.29, 1.82) is 0 Å². The normalized spacial score (nSPS) is 12.5. The fraction of sp³-hybridized carbons (Fsp3) is 0.143. The zero-order chi connectivity index (χ0) is 9.14. The van der Waals surface area contributed by atoms with Crippen molar-refractivity contribution in [1.82, 2.24) is 9.55 Å². The molecule has 1 rings (SSSR count). The maximum atomic E-state index is 5.74. The molecule has 1 heterocycles. The largest absolute Gasteiger partial charge is 0.360 e. The molecule has 0 spiro atoms. The molecule has 0 radical (unpaired) electrons. The first-order chi connectivity index (χ1) is 5.65. The first kappa shape index (κ1) is 8.99. The summed E-state index contributed by atoms with van der Waals surface area (Å²) >= 11 is 3.23. The van der Waals surface area contributed by atoms with Crippen LogP contribution in [-0.2, 0) is 0 Å². The van der Waals surface area contributed by atoms with Crippen LogP contribution >= 0.6 is 15.9 Å². The molecule has 0 unspecified atom stereocenters. The molecule has 0 aliphatic rings. The standard InChI is InChI=1S/C7H9BrN4/c1-3-11(2)7(9)12-4-6(8)10-5-12/h3-5,9H,1H2,2H3/p+1. The number of aromatic nitrogens is 2. The number of imidazole rings is 1. The van der Waals surface area contributed by atoms with E-state index < -0.39 is 0 Å². The highest BCUT2D eigenvalue weighted by Crippen LogP contribution is 2.02. The van der Waals surface area contributed by atoms with Crippen LogP contribution in [0.5, 0.6) is 0 Å². The summed E-state index contributed by atoms with van der Waals surface area (Å²) < 4.78 is 4.16. The van der Waals surface area contributed by atoms with Gasteiger partial charge in [0.1, 0.15) is 10.8 Å². The van der Waals surface area contributed by atoms with Gasteiger partial charge in [0.15, 0.2) is 6.33 Å². The third-order valence-corrected chi connectivity index (χ3v) is 1.86. The SMILES string of the molecule is C=C[N+](C)=C(N)n1cnc(Br)c1. The Morgan fingerprint density at radius 2 is 2.58 bits per heavy atom. The average Bonchev–Trinajstić information content (AvgIpc) is 2.49. The highest BCUT2D eigenvalue weighted by atomic mass is 79.9. The summed E-state index contributed by atoms with van der Waals surface area (Å²) in [4.78, 5) is 3.97. The van der Waals surface area contributed by atoms with E-state index in [-0.39, 0.29) is 0 Å². The summed E-state index contributed by atoms with van der Waals surface area (Å²) in [6.07, 6.45) is 5.03. The van der Waals surface area contributed by atoms with Gasteiger partial charge in [0, 0.05) is 0 Å². The van der Waals surface area contributed by atoms with Crippen molar-refractivity contribution in [3.8, 4) is 0 Å². The van der Waals surface area contributed by atoms with Crippen LogP contribution in [0.1, 0.15) is 0 Å². The minimum atomic E-state index is 0.559. The highest BCUT2D eigenvalue weighted by Gasteiger charge is 2.06. The summed E-state index contributed by atoms with van der Waals surface area (Å²) in [5.74, 6) is 0.559. The summed E-state index contributed by atoms with van der Waals surface area (Å²) in [5.41, 5.74) is 5.74. The zero-order valence-electron chi connectivity index (χ0n) is 6.74. The van der Waals surface area contributed by atoms with Crippen molar-refractivity contribution in [2.75, 3.05) is 7.05 Å². The molecule has 12 heavy (non-hydrogen) atoms. The Bertz CT molecular complexity index is 326. The average molecular weight is 230 g/mol. The molecule has 0 amide bonds. The van der Waals surface area contributed by atoms with E-state index in [9.17, 15) is 0 Å². The maximum Gasteiger partial charge on any atom is 0.360 e. The number of hydrogen-bond donors (Lipinski definition) is 1. The van der Waals surface area contributed by atoms with E-state index >= 15 is 0 Å². The smallest absolute Gasteiger partial charge is 0.290 e. The van der Waals surface area contributed by atoms with Crippen molar-refractivity contribution in [2.45, 2.75) is 0 Å². The molecule has 0 atom stereocenters. The Balaban J connectivity index is 3.07. The molecule has 1 aromatic rings. The number of hydrogen-bond acceptors (Lipinski definition) is 1. The maximum absolute atomic E-state index is 5.74. The van der Waals surface area contributed by atoms with E-state index in [1.807, 2.05) is 7.05 Å². The molecule has 64 valence electrons. The molecule has 0 bridgehead atoms. The molecule has 0 fully saturated rings. The predicted molar refractivity (Wildman–Crippen MR) is 50.9 cm³/mol. The minimum Gasteiger partial charge on any atom is -0.290 e. The number of nitrogens with two attached hydrogens (primary N) is 1. The van der Waals surface area contributed by atoms with Crippen LogP contribution in [0.3, 0.4) is 0 Å². The van der Waals surface area contributed by atoms with Crippen LogP contribution in [0.25, 0.3) is 0 Å². The zero-order valence-corrected chi connectivity index (χ0v) is 8.32. The highest BCUT2D eigenvalue weighted by molar-refractivity contribution is 9.10. The quantitative estimate of drug-likeness (QED) is 0.436. The molecule has 0 aliphatic carbocycles. The number of rotatable bonds is 1. The van der Waals surface area contributed by atoms with E-state index in [0.717, 1.165) is 4.60 Å². The minimum absolute atomic E-state index is 0.559. The van der Waals surface area contributed by atoms with Crippen molar-refractivity contribution in [3.05, 3.63) is 29.9 Å². The van der Waals surface area contributed by atoms with Gasteiger partial charge in [0.2, 0.25) is 0 Å². The third-order valence-electron chi connectivity index (χ3n) is 1.45. The van der Waals surface area contributed by atoms with Crippen LogP contribution in [0, 0.1) is 0 Å². The Hall–Kier alpha value is -1.10. The fourth-order valence-corrected chi connectivity index (χ4v) is 1.01. The molecule has 0 aromatic carbocycles. The van der Waals surface area contributed by atoms with Gasteiger partial charge in [-0.25, -0.2) is 9.56 Å². The lowest BCUT2D eigenvalue weighted by atomic mass is 10.8. The molecular formula is C7H10BrN4+. The second-order valence-electron chi connectivity index (χ2n) is 2.26. The van der Waals surface area contributed by atoms with Crippen LogP contribution in [0.4, 0.5) is 0 Å². The van der Waals surface area contributed by atoms with Crippen LogP contribution in [-0.4, -0.2) is 27.1 Å². The summed E-state index contributed by atoms with van der Waals surface area (Å²) in [6, 6.07) is 0. The van der Waals surface area contributed by atoms with Gasteiger partial charge in [0.25, 0.3) is 0 Å². The lowest BCUT2D eigenvalue weighted by molar-refractivity contribution is -0.425. The summed E-state index contributed by atoms with van der Waals surface area (Å²) in [5, 5.41) is 0. The molecule has 2 N–H and O–H groups in total. The third kappa shape index (κ3) is 1.73. The van der Waals surface area contributed by atoms with Gasteiger partial charge in [-0.05, 0) is 15.9 Å². The molecular weight excluding hydrogens is 220 g/mol. The fourth-order valence-electron chi connectivity index (χ4n) is 0.700. The van der Waals surface area contributed by atoms with Gasteiger partial charge in [-0.2, -0.15) is 4.57 Å². The molecule has 4 nitrogen and oxygen atoms in total. The van der Waals surface area contributed by atoms with Crippen molar-refractivity contribution >= 4 is 21.9 Å². The van der Waals surface area contributed by atoms with Gasteiger partial charge in [0.05, 0.1) is 13.2 Å². The Labute approximate surface area is 79.2 Å². The van der Waals surface area contributed by atoms with Gasteiger partial charge in [-0.1, -0.05) is 6.58 Å². The second kappa shape index (κ2) is 3.53. The predicted octanol–water partition coefficient (Wildman–Crippen LogP) is 0.594. The number of halogens is 1. The van der Waals surface area contributed by atoms with Crippen molar-refractivity contribution in [3.63, 3.8) is 0 Å². The van der Waals surface area contributed by atoms with Crippen LogP contribution in [0.2, 0.25) is 0 Å². The molecule has 1 aromatic heterocycles. The van der Waals surface area contributed by atoms with E-state index in [1.54, 1.807) is 27.9 Å². The Morgan fingerprint density at radius 1 is 1.92 bits per heavy atom. The topological polar surface area (TPSA) is 46.9 Å². The molecule has 0 saturated heterocycles. The first-order valence-corrected chi connectivity index (χ1v) is 4.12. The van der Waals surface area contributed by atoms with Crippen LogP contribution in [0.15, 0.2) is 29.9 Å². The van der Waals surface area contributed by atoms with Gasteiger partial charge in [-0.3, -0.25) is 5.73 Å². The van der Waals surface area contributed by atoms with E-state index in [2.05, 4.69) is 27.5 Å². The summed E-state index contributed by atoms with van der Waals surface area (Å²) in [6.45, 7) is 3.59.